The Hall–Kier alpha value is -1.40. The standard InChI is InChI=1S/C12H22N6/c1-18-6-3-10(8-18)17-12-7-11(15-9-16-12)14-5-2-4-13/h7,9-10H,2-6,8,13H2,1H3,(H2,14,15,16,17). The summed E-state index contributed by atoms with van der Waals surface area (Å²) in [5.41, 5.74) is 5.45. The average molecular weight is 250 g/mol. The van der Waals surface area contributed by atoms with Gasteiger partial charge in [0.05, 0.1) is 0 Å². The van der Waals surface area contributed by atoms with E-state index in [1.807, 2.05) is 6.07 Å². The zero-order valence-corrected chi connectivity index (χ0v) is 10.9. The second-order valence-corrected chi connectivity index (χ2v) is 4.75. The molecule has 1 saturated heterocycles. The zero-order chi connectivity index (χ0) is 12.8. The molecular formula is C12H22N6. The molecule has 1 aromatic rings. The number of likely N-dealkylation sites (N-methyl/N-ethyl adjacent to an activating group) is 1. The number of hydrogen-bond acceptors (Lipinski definition) is 6. The molecule has 0 aliphatic carbocycles. The van der Waals surface area contributed by atoms with Crippen molar-refractivity contribution in [3.63, 3.8) is 0 Å². The first-order valence-corrected chi connectivity index (χ1v) is 6.49. The van der Waals surface area contributed by atoms with Crippen molar-refractivity contribution in [3.05, 3.63) is 12.4 Å². The van der Waals surface area contributed by atoms with Gasteiger partial charge in [-0.05, 0) is 33.0 Å². The Morgan fingerprint density at radius 3 is 3.00 bits per heavy atom. The molecule has 2 heterocycles. The maximum atomic E-state index is 5.45. The summed E-state index contributed by atoms with van der Waals surface area (Å²) in [5.74, 6) is 1.74. The van der Waals surface area contributed by atoms with Gasteiger partial charge in [0.15, 0.2) is 0 Å². The number of rotatable bonds is 6. The topological polar surface area (TPSA) is 79.1 Å². The average Bonchev–Trinajstić information content (AvgIpc) is 2.76. The van der Waals surface area contributed by atoms with Gasteiger partial charge in [-0.1, -0.05) is 0 Å². The first-order chi connectivity index (χ1) is 8.78. The lowest BCUT2D eigenvalue weighted by Gasteiger charge is -2.14. The SMILES string of the molecule is CN1CCC(Nc2cc(NCCCN)ncn2)C1. The number of anilines is 2. The molecule has 0 amide bonds. The summed E-state index contributed by atoms with van der Waals surface area (Å²) in [4.78, 5) is 10.8. The van der Waals surface area contributed by atoms with Gasteiger partial charge < -0.3 is 21.3 Å². The molecule has 6 nitrogen and oxygen atoms in total. The fourth-order valence-electron chi connectivity index (χ4n) is 2.11. The quantitative estimate of drug-likeness (QED) is 0.632. The van der Waals surface area contributed by atoms with E-state index in [0.29, 0.717) is 12.6 Å². The molecule has 0 aromatic carbocycles. The van der Waals surface area contributed by atoms with Gasteiger partial charge in [-0.25, -0.2) is 9.97 Å². The van der Waals surface area contributed by atoms with Crippen molar-refractivity contribution in [2.24, 2.45) is 5.73 Å². The lowest BCUT2D eigenvalue weighted by Crippen LogP contribution is -2.24. The molecule has 0 radical (unpaired) electrons. The maximum absolute atomic E-state index is 5.45. The number of likely N-dealkylation sites (tertiary alicyclic amines) is 1. The van der Waals surface area contributed by atoms with Crippen molar-refractivity contribution in [2.75, 3.05) is 43.9 Å². The first-order valence-electron chi connectivity index (χ1n) is 6.49. The van der Waals surface area contributed by atoms with E-state index in [0.717, 1.165) is 44.1 Å². The molecule has 1 atom stereocenters. The minimum absolute atomic E-state index is 0.488. The molecule has 0 spiro atoms. The Morgan fingerprint density at radius 1 is 1.44 bits per heavy atom. The van der Waals surface area contributed by atoms with Gasteiger partial charge in [0.25, 0.3) is 0 Å². The molecule has 1 fully saturated rings. The lowest BCUT2D eigenvalue weighted by molar-refractivity contribution is 0.414. The van der Waals surface area contributed by atoms with E-state index in [9.17, 15) is 0 Å². The molecule has 100 valence electrons. The van der Waals surface area contributed by atoms with Crippen LogP contribution in [0, 0.1) is 0 Å². The van der Waals surface area contributed by atoms with Crippen LogP contribution < -0.4 is 16.4 Å². The molecule has 0 bridgehead atoms. The van der Waals surface area contributed by atoms with Crippen molar-refractivity contribution >= 4 is 11.6 Å². The fraction of sp³-hybridized carbons (Fsp3) is 0.667. The summed E-state index contributed by atoms with van der Waals surface area (Å²) < 4.78 is 0. The number of nitrogens with zero attached hydrogens (tertiary/aromatic N) is 3. The second-order valence-electron chi connectivity index (χ2n) is 4.75. The monoisotopic (exact) mass is 250 g/mol. The van der Waals surface area contributed by atoms with Crippen LogP contribution in [0.15, 0.2) is 12.4 Å². The molecule has 0 saturated carbocycles. The third kappa shape index (κ3) is 3.82. The van der Waals surface area contributed by atoms with Crippen molar-refractivity contribution in [1.82, 2.24) is 14.9 Å². The third-order valence-corrected chi connectivity index (χ3v) is 3.10. The van der Waals surface area contributed by atoms with Gasteiger partial charge >= 0.3 is 0 Å². The van der Waals surface area contributed by atoms with Crippen LogP contribution in [0.5, 0.6) is 0 Å². The van der Waals surface area contributed by atoms with Gasteiger partial charge in [-0.2, -0.15) is 0 Å². The molecule has 2 rings (SSSR count). The third-order valence-electron chi connectivity index (χ3n) is 3.10. The Kier molecular flexibility index (Phi) is 4.72. The van der Waals surface area contributed by atoms with Crippen molar-refractivity contribution < 1.29 is 0 Å². The van der Waals surface area contributed by atoms with Gasteiger partial charge in [-0.3, -0.25) is 0 Å². The summed E-state index contributed by atoms with van der Waals surface area (Å²) in [6.07, 6.45) is 3.70. The minimum atomic E-state index is 0.488. The molecule has 1 aliphatic heterocycles. The van der Waals surface area contributed by atoms with Crippen LogP contribution in [0.25, 0.3) is 0 Å². The summed E-state index contributed by atoms with van der Waals surface area (Å²) >= 11 is 0. The highest BCUT2D eigenvalue weighted by molar-refractivity contribution is 5.47. The number of aromatic nitrogens is 2. The highest BCUT2D eigenvalue weighted by Gasteiger charge is 2.19. The zero-order valence-electron chi connectivity index (χ0n) is 10.9. The Bertz CT molecular complexity index is 369. The largest absolute Gasteiger partial charge is 0.370 e. The van der Waals surface area contributed by atoms with Crippen LogP contribution in [0.3, 0.4) is 0 Å². The highest BCUT2D eigenvalue weighted by Crippen LogP contribution is 2.14. The van der Waals surface area contributed by atoms with Gasteiger partial charge in [0.2, 0.25) is 0 Å². The summed E-state index contributed by atoms with van der Waals surface area (Å²) in [7, 11) is 2.14. The Morgan fingerprint density at radius 2 is 2.28 bits per heavy atom. The van der Waals surface area contributed by atoms with Crippen molar-refractivity contribution in [2.45, 2.75) is 18.9 Å². The maximum Gasteiger partial charge on any atom is 0.131 e. The van der Waals surface area contributed by atoms with Crippen LogP contribution in [0.4, 0.5) is 11.6 Å². The van der Waals surface area contributed by atoms with Crippen molar-refractivity contribution in [1.29, 1.82) is 0 Å². The van der Waals surface area contributed by atoms with Gasteiger partial charge in [0.1, 0.15) is 18.0 Å². The van der Waals surface area contributed by atoms with Crippen LogP contribution >= 0.6 is 0 Å². The van der Waals surface area contributed by atoms with Crippen LogP contribution in [-0.4, -0.2) is 54.1 Å². The molecule has 1 aliphatic rings. The summed E-state index contributed by atoms with van der Waals surface area (Å²) in [5, 5.41) is 6.68. The smallest absolute Gasteiger partial charge is 0.131 e. The Labute approximate surface area is 108 Å². The molecular weight excluding hydrogens is 228 g/mol. The van der Waals surface area contributed by atoms with E-state index in [-0.39, 0.29) is 0 Å². The number of hydrogen-bond donors (Lipinski definition) is 3. The van der Waals surface area contributed by atoms with Gasteiger partial charge in [0, 0.05) is 25.2 Å². The molecule has 1 unspecified atom stereocenters. The molecule has 6 heteroatoms. The minimum Gasteiger partial charge on any atom is -0.370 e. The fourth-order valence-corrected chi connectivity index (χ4v) is 2.11. The van der Waals surface area contributed by atoms with E-state index in [1.54, 1.807) is 6.33 Å². The first kappa shape index (κ1) is 13.0. The summed E-state index contributed by atoms with van der Waals surface area (Å²) in [6.45, 7) is 3.75. The number of nitrogens with one attached hydrogen (secondary N) is 2. The van der Waals surface area contributed by atoms with Gasteiger partial charge in [-0.15, -0.1) is 0 Å². The number of nitrogens with two attached hydrogens (primary N) is 1. The second kappa shape index (κ2) is 6.51. The van der Waals surface area contributed by atoms with Crippen molar-refractivity contribution in [3.8, 4) is 0 Å². The predicted molar refractivity (Wildman–Crippen MR) is 73.7 cm³/mol. The van der Waals surface area contributed by atoms with E-state index in [2.05, 4.69) is 32.5 Å². The van der Waals surface area contributed by atoms with E-state index in [1.165, 1.54) is 0 Å². The van der Waals surface area contributed by atoms with E-state index in [4.69, 9.17) is 5.73 Å². The molecule has 1 aromatic heterocycles. The molecule has 4 N–H and O–H groups in total. The normalized spacial score (nSPS) is 20.0. The summed E-state index contributed by atoms with van der Waals surface area (Å²) in [6, 6.07) is 2.44. The van der Waals surface area contributed by atoms with Crippen LogP contribution in [0.2, 0.25) is 0 Å². The predicted octanol–water partition coefficient (Wildman–Crippen LogP) is 0.353. The molecule has 18 heavy (non-hydrogen) atoms. The van der Waals surface area contributed by atoms with Crippen LogP contribution in [0.1, 0.15) is 12.8 Å². The van der Waals surface area contributed by atoms with Crippen LogP contribution in [-0.2, 0) is 0 Å². The van der Waals surface area contributed by atoms with E-state index < -0.39 is 0 Å². The highest BCUT2D eigenvalue weighted by atomic mass is 15.2. The van der Waals surface area contributed by atoms with E-state index >= 15 is 0 Å². The Balaban J connectivity index is 1.86. The lowest BCUT2D eigenvalue weighted by atomic mass is 10.2.